The van der Waals surface area contributed by atoms with E-state index in [0.717, 1.165) is 39.8 Å². The van der Waals surface area contributed by atoms with Gasteiger partial charge in [-0.05, 0) is 75.9 Å². The van der Waals surface area contributed by atoms with Gasteiger partial charge in [0.2, 0.25) is 15.9 Å². The Balaban J connectivity index is 2.40. The molecule has 0 aliphatic heterocycles. The van der Waals surface area contributed by atoms with Gasteiger partial charge in [0.25, 0.3) is 0 Å². The Bertz CT molecular complexity index is 958. The van der Waals surface area contributed by atoms with Gasteiger partial charge in [-0.15, -0.1) is 0 Å². The molecule has 1 atom stereocenters. The number of benzene rings is 2. The third kappa shape index (κ3) is 4.69. The molecule has 0 aromatic heterocycles. The van der Waals surface area contributed by atoms with Crippen molar-refractivity contribution in [1.82, 2.24) is 0 Å². The van der Waals surface area contributed by atoms with Gasteiger partial charge in [-0.3, -0.25) is 9.10 Å². The Labute approximate surface area is 162 Å². The molecule has 0 unspecified atom stereocenters. The van der Waals surface area contributed by atoms with Crippen molar-refractivity contribution in [1.29, 1.82) is 0 Å². The van der Waals surface area contributed by atoms with Crippen molar-refractivity contribution in [3.63, 3.8) is 0 Å². The normalized spacial score (nSPS) is 12.6. The summed E-state index contributed by atoms with van der Waals surface area (Å²) in [5, 5.41) is 2.91. The molecule has 2 aromatic rings. The van der Waals surface area contributed by atoms with Gasteiger partial charge < -0.3 is 5.32 Å². The third-order valence-corrected chi connectivity index (χ3v) is 6.00. The molecule has 146 valence electrons. The molecule has 0 radical (unpaired) electrons. The second-order valence-corrected chi connectivity index (χ2v) is 9.13. The predicted molar refractivity (Wildman–Crippen MR) is 112 cm³/mol. The van der Waals surface area contributed by atoms with E-state index in [-0.39, 0.29) is 5.91 Å². The molecule has 0 saturated carbocycles. The van der Waals surface area contributed by atoms with Crippen LogP contribution in [0.3, 0.4) is 0 Å². The van der Waals surface area contributed by atoms with Crippen LogP contribution >= 0.6 is 0 Å². The van der Waals surface area contributed by atoms with Gasteiger partial charge in [-0.1, -0.05) is 23.8 Å². The van der Waals surface area contributed by atoms with Crippen LogP contribution in [0.15, 0.2) is 30.3 Å². The second kappa shape index (κ2) is 7.72. The molecule has 2 aromatic carbocycles. The van der Waals surface area contributed by atoms with Crippen LogP contribution in [0.1, 0.15) is 34.7 Å². The van der Waals surface area contributed by atoms with Crippen LogP contribution < -0.4 is 9.62 Å². The molecule has 1 N–H and O–H groups in total. The van der Waals surface area contributed by atoms with Crippen molar-refractivity contribution >= 4 is 27.3 Å². The summed E-state index contributed by atoms with van der Waals surface area (Å²) in [5.74, 6) is -0.367. The van der Waals surface area contributed by atoms with Gasteiger partial charge in [0.1, 0.15) is 6.04 Å². The largest absolute Gasteiger partial charge is 0.324 e. The van der Waals surface area contributed by atoms with E-state index in [1.807, 2.05) is 52.8 Å². The number of sulfonamides is 1. The standard InChI is InChI=1S/C21H28N2O3S/c1-13-10-16(4)20(17(5)11-13)22-21(24)18(6)23(27(7,25)26)19-9-8-14(2)15(3)12-19/h8-12,18H,1-7H3,(H,22,24)/t18-/m1/s1. The van der Waals surface area contributed by atoms with Crippen LogP contribution in [0.25, 0.3) is 0 Å². The highest BCUT2D eigenvalue weighted by atomic mass is 32.2. The number of aryl methyl sites for hydroxylation is 5. The van der Waals surface area contributed by atoms with Crippen molar-refractivity contribution < 1.29 is 13.2 Å². The van der Waals surface area contributed by atoms with Crippen molar-refractivity contribution in [3.05, 3.63) is 58.1 Å². The highest BCUT2D eigenvalue weighted by Gasteiger charge is 2.29. The summed E-state index contributed by atoms with van der Waals surface area (Å²) in [6.45, 7) is 11.3. The van der Waals surface area contributed by atoms with Gasteiger partial charge in [-0.2, -0.15) is 0 Å². The number of hydrogen-bond acceptors (Lipinski definition) is 3. The summed E-state index contributed by atoms with van der Waals surface area (Å²) in [5.41, 5.74) is 6.26. The molecule has 0 aliphatic rings. The quantitative estimate of drug-likeness (QED) is 0.841. The lowest BCUT2D eigenvalue weighted by Crippen LogP contribution is -2.45. The maximum atomic E-state index is 12.9. The van der Waals surface area contributed by atoms with Gasteiger partial charge in [0.05, 0.1) is 11.9 Å². The van der Waals surface area contributed by atoms with Crippen LogP contribution in [0.5, 0.6) is 0 Å². The highest BCUT2D eigenvalue weighted by Crippen LogP contribution is 2.26. The van der Waals surface area contributed by atoms with Crippen molar-refractivity contribution in [3.8, 4) is 0 Å². The Kier molecular flexibility index (Phi) is 6.00. The molecule has 0 heterocycles. The summed E-state index contributed by atoms with van der Waals surface area (Å²) >= 11 is 0. The molecule has 0 aliphatic carbocycles. The number of carbonyl (C=O) groups is 1. The minimum Gasteiger partial charge on any atom is -0.324 e. The summed E-state index contributed by atoms with van der Waals surface area (Å²) in [6.07, 6.45) is 1.12. The molecule has 1 amide bonds. The Morgan fingerprint density at radius 3 is 1.96 bits per heavy atom. The highest BCUT2D eigenvalue weighted by molar-refractivity contribution is 7.92. The lowest BCUT2D eigenvalue weighted by molar-refractivity contribution is -0.116. The van der Waals surface area contributed by atoms with E-state index in [2.05, 4.69) is 5.32 Å². The zero-order valence-electron chi connectivity index (χ0n) is 17.0. The number of hydrogen-bond donors (Lipinski definition) is 1. The van der Waals surface area contributed by atoms with Crippen LogP contribution in [0.2, 0.25) is 0 Å². The van der Waals surface area contributed by atoms with Crippen LogP contribution in [0.4, 0.5) is 11.4 Å². The molecule has 0 spiro atoms. The lowest BCUT2D eigenvalue weighted by atomic mass is 10.0. The molecule has 27 heavy (non-hydrogen) atoms. The summed E-state index contributed by atoms with van der Waals surface area (Å²) in [6, 6.07) is 8.48. The number of carbonyl (C=O) groups excluding carboxylic acids is 1. The SMILES string of the molecule is Cc1cc(C)c(NC(=O)[C@@H](C)N(c2ccc(C)c(C)c2)S(C)(=O)=O)c(C)c1. The van der Waals surface area contributed by atoms with E-state index in [9.17, 15) is 13.2 Å². The fourth-order valence-corrected chi connectivity index (χ4v) is 4.44. The summed E-state index contributed by atoms with van der Waals surface area (Å²) in [4.78, 5) is 12.9. The molecular weight excluding hydrogens is 360 g/mol. The first-order valence-electron chi connectivity index (χ1n) is 8.87. The molecule has 2 rings (SSSR count). The molecule has 0 bridgehead atoms. The van der Waals surface area contributed by atoms with E-state index in [0.29, 0.717) is 5.69 Å². The second-order valence-electron chi connectivity index (χ2n) is 7.27. The fraction of sp³-hybridized carbons (Fsp3) is 0.381. The van der Waals surface area contributed by atoms with Crippen LogP contribution in [-0.4, -0.2) is 26.6 Å². The minimum atomic E-state index is -3.64. The maximum absolute atomic E-state index is 12.9. The molecular formula is C21H28N2O3S. The first-order valence-corrected chi connectivity index (χ1v) is 10.7. The van der Waals surface area contributed by atoms with Crippen LogP contribution in [-0.2, 0) is 14.8 Å². The molecule has 5 nitrogen and oxygen atoms in total. The molecule has 0 fully saturated rings. The van der Waals surface area contributed by atoms with E-state index >= 15 is 0 Å². The third-order valence-electron chi connectivity index (χ3n) is 4.76. The lowest BCUT2D eigenvalue weighted by Gasteiger charge is -2.29. The molecule has 0 saturated heterocycles. The average molecular weight is 389 g/mol. The van der Waals surface area contributed by atoms with Crippen LogP contribution in [0, 0.1) is 34.6 Å². The monoisotopic (exact) mass is 388 g/mol. The number of anilines is 2. The zero-order valence-corrected chi connectivity index (χ0v) is 17.9. The van der Waals surface area contributed by atoms with E-state index < -0.39 is 16.1 Å². The van der Waals surface area contributed by atoms with Gasteiger partial charge in [-0.25, -0.2) is 8.42 Å². The number of nitrogens with zero attached hydrogens (tertiary/aromatic N) is 1. The van der Waals surface area contributed by atoms with Gasteiger partial charge in [0, 0.05) is 5.69 Å². The van der Waals surface area contributed by atoms with E-state index in [4.69, 9.17) is 0 Å². The predicted octanol–water partition coefficient (Wildman–Crippen LogP) is 4.02. The van der Waals surface area contributed by atoms with Crippen molar-refractivity contribution in [2.24, 2.45) is 0 Å². The summed E-state index contributed by atoms with van der Waals surface area (Å²) < 4.78 is 26.1. The molecule has 6 heteroatoms. The average Bonchev–Trinajstić information content (AvgIpc) is 2.52. The van der Waals surface area contributed by atoms with Gasteiger partial charge >= 0.3 is 0 Å². The number of nitrogens with one attached hydrogen (secondary N) is 1. The number of rotatable bonds is 5. The number of amides is 1. The smallest absolute Gasteiger partial charge is 0.248 e. The fourth-order valence-electron chi connectivity index (χ4n) is 3.28. The first kappa shape index (κ1) is 21.0. The Hall–Kier alpha value is -2.34. The zero-order chi connectivity index (χ0) is 20.5. The Morgan fingerprint density at radius 2 is 1.48 bits per heavy atom. The van der Waals surface area contributed by atoms with E-state index in [1.54, 1.807) is 19.1 Å². The van der Waals surface area contributed by atoms with Gasteiger partial charge in [0.15, 0.2) is 0 Å². The Morgan fingerprint density at radius 1 is 0.926 bits per heavy atom. The van der Waals surface area contributed by atoms with Crippen molar-refractivity contribution in [2.75, 3.05) is 15.9 Å². The van der Waals surface area contributed by atoms with Crippen molar-refractivity contribution in [2.45, 2.75) is 47.6 Å². The topological polar surface area (TPSA) is 66.5 Å². The maximum Gasteiger partial charge on any atom is 0.248 e. The first-order chi connectivity index (χ1) is 12.4. The van der Waals surface area contributed by atoms with E-state index in [1.165, 1.54) is 4.31 Å². The summed E-state index contributed by atoms with van der Waals surface area (Å²) in [7, 11) is -3.64. The minimum absolute atomic E-state index is 0.367.